The van der Waals surface area contributed by atoms with Crippen molar-refractivity contribution in [3.05, 3.63) is 73.3 Å². The number of barbiturate groups is 1. The lowest BCUT2D eigenvalue weighted by Gasteiger charge is -2.26. The van der Waals surface area contributed by atoms with Gasteiger partial charge in [0, 0.05) is 27.2 Å². The van der Waals surface area contributed by atoms with Crippen LogP contribution in [0.15, 0.2) is 61.7 Å². The molecule has 0 saturated carbocycles. The standard InChI is InChI=1S/C15H22FNSi.C9H14FNSi.C6H8N2O3/c1-6-10-17(11-7-2)15-12-13(18(3,4)5)8-9-14(15)16;1-12(2,3)7-4-5-8(10)9(11)6-7;1-7-4(9)3-5(10)8(2)6(7)11/h6-9,12H,1-2,10-11H2,3-5H3;4-6H,11H2,1-3H3;3H2,1-2H3. The summed E-state index contributed by atoms with van der Waals surface area (Å²) in [6, 6.07) is 9.93. The SMILES string of the molecule is C=CCN(CC=C)c1cc([Si](C)(C)C)ccc1F.CN1C(=O)CC(=O)N(C)C1=O.C[Si](C)(C)c1ccc(F)c(N)c1. The Morgan fingerprint density at radius 2 is 1.22 bits per heavy atom. The Balaban J connectivity index is 0.000000320. The molecule has 2 aromatic rings. The van der Waals surface area contributed by atoms with Gasteiger partial charge < -0.3 is 10.6 Å². The van der Waals surface area contributed by atoms with Crippen LogP contribution in [0.1, 0.15) is 6.42 Å². The van der Waals surface area contributed by atoms with Crippen molar-refractivity contribution in [2.24, 2.45) is 0 Å². The van der Waals surface area contributed by atoms with Crippen molar-refractivity contribution < 1.29 is 23.2 Å². The van der Waals surface area contributed by atoms with Gasteiger partial charge in [-0.1, -0.05) is 73.9 Å². The number of carbonyl (C=O) groups is 3. The number of urea groups is 1. The van der Waals surface area contributed by atoms with E-state index < -0.39 is 34.0 Å². The van der Waals surface area contributed by atoms with Crippen molar-refractivity contribution in [1.82, 2.24) is 9.80 Å². The third kappa shape index (κ3) is 10.4. The lowest BCUT2D eigenvalue weighted by atomic mass is 10.2. The molecular formula is C30H44F2N4O3Si2. The van der Waals surface area contributed by atoms with Gasteiger partial charge in [0.25, 0.3) is 0 Å². The number of carbonyl (C=O) groups excluding carboxylic acids is 3. The Morgan fingerprint density at radius 1 is 0.805 bits per heavy atom. The van der Waals surface area contributed by atoms with Gasteiger partial charge in [-0.25, -0.2) is 13.6 Å². The molecule has 0 spiro atoms. The highest BCUT2D eigenvalue weighted by Gasteiger charge is 2.32. The normalized spacial score (nSPS) is 13.6. The van der Waals surface area contributed by atoms with E-state index in [9.17, 15) is 23.2 Å². The molecule has 0 atom stereocenters. The number of imide groups is 2. The number of nitrogens with zero attached hydrogens (tertiary/aromatic N) is 3. The van der Waals surface area contributed by atoms with Crippen LogP contribution in [0.3, 0.4) is 0 Å². The van der Waals surface area contributed by atoms with E-state index in [1.165, 1.54) is 30.5 Å². The predicted octanol–water partition coefficient (Wildman–Crippen LogP) is 4.93. The zero-order valence-electron chi connectivity index (χ0n) is 25.6. The molecule has 1 fully saturated rings. The fourth-order valence-electron chi connectivity index (χ4n) is 3.62. The fourth-order valence-corrected chi connectivity index (χ4v) is 5.94. The van der Waals surface area contributed by atoms with Gasteiger partial charge in [-0.15, -0.1) is 13.2 Å². The maximum absolute atomic E-state index is 14.0. The molecule has 1 saturated heterocycles. The molecule has 0 aliphatic carbocycles. The van der Waals surface area contributed by atoms with Crippen molar-refractivity contribution >= 4 is 55.7 Å². The molecule has 1 aliphatic rings. The van der Waals surface area contributed by atoms with Crippen LogP contribution in [0.25, 0.3) is 0 Å². The minimum atomic E-state index is -1.42. The van der Waals surface area contributed by atoms with Crippen molar-refractivity contribution in [1.29, 1.82) is 0 Å². The molecule has 11 heteroatoms. The molecule has 7 nitrogen and oxygen atoms in total. The van der Waals surface area contributed by atoms with Crippen LogP contribution in [0.5, 0.6) is 0 Å². The number of hydrogen-bond donors (Lipinski definition) is 1. The summed E-state index contributed by atoms with van der Waals surface area (Å²) >= 11 is 0. The maximum atomic E-state index is 14.0. The summed E-state index contributed by atoms with van der Waals surface area (Å²) in [7, 11) is -0.0492. The second-order valence-electron chi connectivity index (χ2n) is 11.7. The van der Waals surface area contributed by atoms with Crippen LogP contribution in [-0.2, 0) is 9.59 Å². The lowest BCUT2D eigenvalue weighted by Crippen LogP contribution is -2.51. The molecule has 3 rings (SSSR count). The van der Waals surface area contributed by atoms with Crippen LogP contribution >= 0.6 is 0 Å². The van der Waals surface area contributed by atoms with Crippen LogP contribution in [0.2, 0.25) is 39.3 Å². The molecule has 41 heavy (non-hydrogen) atoms. The average molecular weight is 603 g/mol. The third-order valence-electron chi connectivity index (χ3n) is 6.34. The number of amides is 4. The van der Waals surface area contributed by atoms with Gasteiger partial charge in [-0.05, 0) is 24.3 Å². The second-order valence-corrected chi connectivity index (χ2v) is 21.9. The summed E-state index contributed by atoms with van der Waals surface area (Å²) in [6.07, 6.45) is 3.35. The molecule has 4 amide bonds. The van der Waals surface area contributed by atoms with Crippen molar-refractivity contribution in [2.45, 2.75) is 45.7 Å². The lowest BCUT2D eigenvalue weighted by molar-refractivity contribution is -0.140. The first-order valence-corrected chi connectivity index (χ1v) is 20.2. The molecule has 0 bridgehead atoms. The highest BCUT2D eigenvalue weighted by molar-refractivity contribution is 6.89. The largest absolute Gasteiger partial charge is 0.396 e. The molecule has 1 heterocycles. The highest BCUT2D eigenvalue weighted by atomic mass is 28.3. The van der Waals surface area contributed by atoms with Gasteiger partial charge in [-0.3, -0.25) is 19.4 Å². The van der Waals surface area contributed by atoms with Gasteiger partial charge in [-0.2, -0.15) is 0 Å². The Hall–Kier alpha value is -3.58. The monoisotopic (exact) mass is 602 g/mol. The van der Waals surface area contributed by atoms with Crippen molar-refractivity contribution in [2.75, 3.05) is 37.8 Å². The minimum Gasteiger partial charge on any atom is -0.396 e. The predicted molar refractivity (Wildman–Crippen MR) is 171 cm³/mol. The van der Waals surface area contributed by atoms with Gasteiger partial charge in [0.15, 0.2) is 0 Å². The summed E-state index contributed by atoms with van der Waals surface area (Å²) < 4.78 is 26.7. The fraction of sp³-hybridized carbons (Fsp3) is 0.367. The Labute approximate surface area is 245 Å². The minimum absolute atomic E-state index is 0.180. The number of nitrogens with two attached hydrogens (primary N) is 1. The van der Waals surface area contributed by atoms with Crippen LogP contribution in [-0.4, -0.2) is 71.0 Å². The van der Waals surface area contributed by atoms with Gasteiger partial charge >= 0.3 is 6.03 Å². The van der Waals surface area contributed by atoms with Crippen LogP contribution in [0, 0.1) is 11.6 Å². The molecule has 2 N–H and O–H groups in total. The molecule has 0 radical (unpaired) electrons. The third-order valence-corrected chi connectivity index (χ3v) is 10.4. The van der Waals surface area contributed by atoms with Crippen LogP contribution < -0.4 is 21.0 Å². The van der Waals surface area contributed by atoms with Crippen molar-refractivity contribution in [3.8, 4) is 0 Å². The van der Waals surface area contributed by atoms with E-state index in [4.69, 9.17) is 5.73 Å². The molecule has 224 valence electrons. The van der Waals surface area contributed by atoms with E-state index in [1.54, 1.807) is 24.3 Å². The number of hydrogen-bond acceptors (Lipinski definition) is 5. The van der Waals surface area contributed by atoms with Crippen molar-refractivity contribution in [3.63, 3.8) is 0 Å². The van der Waals surface area contributed by atoms with E-state index in [2.05, 4.69) is 52.4 Å². The highest BCUT2D eigenvalue weighted by Crippen LogP contribution is 2.19. The Kier molecular flexibility index (Phi) is 12.9. The topological polar surface area (TPSA) is 87.0 Å². The van der Waals surface area contributed by atoms with E-state index in [0.717, 1.165) is 9.80 Å². The summed E-state index contributed by atoms with van der Waals surface area (Å²) in [5, 5.41) is 2.46. The summed E-state index contributed by atoms with van der Waals surface area (Å²) in [4.78, 5) is 36.4. The quantitative estimate of drug-likeness (QED) is 0.210. The molecule has 0 unspecified atom stereocenters. The Morgan fingerprint density at radius 3 is 1.61 bits per heavy atom. The molecule has 0 aromatic heterocycles. The first-order valence-electron chi connectivity index (χ1n) is 13.2. The Bertz CT molecular complexity index is 1240. The van der Waals surface area contributed by atoms with Gasteiger partial charge in [0.2, 0.25) is 11.8 Å². The zero-order valence-corrected chi connectivity index (χ0v) is 27.6. The zero-order chi connectivity index (χ0) is 31.7. The summed E-state index contributed by atoms with van der Waals surface area (Å²) in [5.41, 5.74) is 6.37. The average Bonchev–Trinajstić information content (AvgIpc) is 2.87. The van der Waals surface area contributed by atoms with E-state index >= 15 is 0 Å². The van der Waals surface area contributed by atoms with E-state index in [1.807, 2.05) is 23.1 Å². The second kappa shape index (κ2) is 14.9. The molecular weight excluding hydrogens is 559 g/mol. The van der Waals surface area contributed by atoms with E-state index in [-0.39, 0.29) is 23.7 Å². The smallest absolute Gasteiger partial charge is 0.332 e. The number of nitrogen functional groups attached to an aromatic ring is 1. The number of anilines is 2. The van der Waals surface area contributed by atoms with Crippen LogP contribution in [0.4, 0.5) is 25.0 Å². The number of halogens is 2. The number of rotatable bonds is 7. The van der Waals surface area contributed by atoms with E-state index in [0.29, 0.717) is 18.8 Å². The summed E-state index contributed by atoms with van der Waals surface area (Å²) in [5.74, 6) is -1.39. The van der Waals surface area contributed by atoms with Gasteiger partial charge in [0.1, 0.15) is 18.1 Å². The number of benzene rings is 2. The summed E-state index contributed by atoms with van der Waals surface area (Å²) in [6.45, 7) is 22.1. The first-order chi connectivity index (χ1) is 18.8. The van der Waals surface area contributed by atoms with Gasteiger partial charge in [0.05, 0.1) is 27.5 Å². The maximum Gasteiger partial charge on any atom is 0.332 e. The molecule has 1 aliphatic heterocycles. The molecule has 2 aromatic carbocycles. The first kappa shape index (κ1) is 35.5.